The van der Waals surface area contributed by atoms with Crippen molar-refractivity contribution in [3.05, 3.63) is 118 Å². The number of halogens is 2. The largest absolute Gasteiger partial charge is 0.443 e. The minimum Gasteiger partial charge on any atom is -0.443 e. The van der Waals surface area contributed by atoms with Crippen LogP contribution in [0.4, 0.5) is 0 Å². The summed E-state index contributed by atoms with van der Waals surface area (Å²) in [6.45, 7) is 12.2. The Morgan fingerprint density at radius 1 is 0.667 bits per heavy atom. The summed E-state index contributed by atoms with van der Waals surface area (Å²) in [6, 6.07) is 14.3. The quantitative estimate of drug-likeness (QED) is 0.0505. The minimum absolute atomic E-state index is 0.117. The zero-order valence-electron chi connectivity index (χ0n) is 31.8. The maximum atomic E-state index is 14.2. The van der Waals surface area contributed by atoms with Crippen LogP contribution in [0.2, 0.25) is 10.0 Å². The number of carbonyl (C=O) groups excluding carboxylic acids is 2. The van der Waals surface area contributed by atoms with E-state index in [0.717, 1.165) is 23.3 Å². The number of esters is 2. The maximum Gasteiger partial charge on any atom is 0.332 e. The average Bonchev–Trinajstić information content (AvgIpc) is 3.83. The topological polar surface area (TPSA) is 142 Å². The third-order valence-electron chi connectivity index (χ3n) is 8.86. The fraction of sp³-hybridized carbons (Fsp3) is 0.400. The van der Waals surface area contributed by atoms with Gasteiger partial charge >= 0.3 is 11.9 Å². The van der Waals surface area contributed by atoms with Gasteiger partial charge in [-0.05, 0) is 59.3 Å². The van der Waals surface area contributed by atoms with Crippen molar-refractivity contribution in [1.82, 2.24) is 20.6 Å². The van der Waals surface area contributed by atoms with Gasteiger partial charge < -0.3 is 19.4 Å². The molecule has 2 heterocycles. The molecule has 4 N–H and O–H groups in total. The molecular formula is C40H50Cl2N4O6S2. The van der Waals surface area contributed by atoms with Gasteiger partial charge in [-0.15, -0.1) is 0 Å². The van der Waals surface area contributed by atoms with E-state index in [1.54, 1.807) is 50.8 Å². The van der Waals surface area contributed by atoms with Gasteiger partial charge in [0.25, 0.3) is 0 Å². The van der Waals surface area contributed by atoms with Crippen molar-refractivity contribution in [2.45, 2.75) is 98.0 Å². The van der Waals surface area contributed by atoms with Gasteiger partial charge in [0.2, 0.25) is 0 Å². The van der Waals surface area contributed by atoms with Gasteiger partial charge in [0.15, 0.2) is 12.5 Å². The van der Waals surface area contributed by atoms with Gasteiger partial charge in [-0.3, -0.25) is 19.1 Å². The number of H-pyrrole nitrogens is 2. The summed E-state index contributed by atoms with van der Waals surface area (Å²) >= 11 is 13.2. The van der Waals surface area contributed by atoms with Crippen LogP contribution >= 0.6 is 23.2 Å². The number of hydrogen-bond donors (Lipinski definition) is 4. The second-order valence-electron chi connectivity index (χ2n) is 14.8. The van der Waals surface area contributed by atoms with E-state index in [-0.39, 0.29) is 23.7 Å². The highest BCUT2D eigenvalue weighted by atomic mass is 35.5. The van der Waals surface area contributed by atoms with E-state index in [4.69, 9.17) is 32.7 Å². The predicted molar refractivity (Wildman–Crippen MR) is 216 cm³/mol. The van der Waals surface area contributed by atoms with E-state index in [1.807, 2.05) is 78.2 Å². The van der Waals surface area contributed by atoms with Crippen molar-refractivity contribution in [3.63, 3.8) is 0 Å². The Hall–Kier alpha value is -3.52. The number of rotatable bonds is 16. The van der Waals surface area contributed by atoms with Gasteiger partial charge in [-0.25, -0.2) is 9.59 Å². The molecule has 6 atom stereocenters. The molecule has 6 unspecified atom stereocenters. The number of carbonyl (C=O) groups is 2. The van der Waals surface area contributed by atoms with Crippen LogP contribution in [0, 0.1) is 0 Å². The Kier molecular flexibility index (Phi) is 15.1. The van der Waals surface area contributed by atoms with Gasteiger partial charge in [0, 0.05) is 59.8 Å². The summed E-state index contributed by atoms with van der Waals surface area (Å²) in [5, 5.41) is 5.54. The summed E-state index contributed by atoms with van der Waals surface area (Å²) in [6.07, 6.45) is 7.56. The van der Waals surface area contributed by atoms with Gasteiger partial charge in [0.05, 0.1) is 41.9 Å². The van der Waals surface area contributed by atoms with E-state index < -0.39 is 56.5 Å². The van der Waals surface area contributed by atoms with Crippen molar-refractivity contribution >= 4 is 56.7 Å². The molecule has 0 aliphatic rings. The molecule has 4 rings (SSSR count). The molecule has 54 heavy (non-hydrogen) atoms. The first-order valence-corrected chi connectivity index (χ1v) is 20.7. The van der Waals surface area contributed by atoms with E-state index in [1.165, 1.54) is 0 Å². The molecule has 0 bridgehead atoms. The molecule has 0 saturated heterocycles. The summed E-state index contributed by atoms with van der Waals surface area (Å²) in [5.41, 5.74) is 2.55. The Morgan fingerprint density at radius 3 is 1.33 bits per heavy atom. The molecular weight excluding hydrogens is 768 g/mol. The smallest absolute Gasteiger partial charge is 0.332 e. The van der Waals surface area contributed by atoms with Crippen LogP contribution in [0.25, 0.3) is 0 Å². The zero-order valence-corrected chi connectivity index (χ0v) is 35.0. The fourth-order valence-corrected chi connectivity index (χ4v) is 10.4. The maximum absolute atomic E-state index is 14.2. The SMILES string of the molecule is CNC(CC(c1ccccc1Cl)S(=O)c1c[nH]cc1C(C)(C)C)OC(=O)/C=C/C(=O)OC(CC(c1ccccc1Cl)S(=O)c1c[nH]cc1C(C)(C)C)NC. The molecule has 2 aromatic heterocycles. The van der Waals surface area contributed by atoms with Crippen molar-refractivity contribution in [2.24, 2.45) is 0 Å². The third-order valence-corrected chi connectivity index (χ3v) is 13.0. The molecule has 0 radical (unpaired) electrons. The van der Waals surface area contributed by atoms with Crippen LogP contribution in [-0.2, 0) is 51.5 Å². The van der Waals surface area contributed by atoms with E-state index in [2.05, 4.69) is 20.6 Å². The number of benzene rings is 2. The van der Waals surface area contributed by atoms with Crippen molar-refractivity contribution in [2.75, 3.05) is 14.1 Å². The van der Waals surface area contributed by atoms with Crippen LogP contribution in [0.5, 0.6) is 0 Å². The minimum atomic E-state index is -1.58. The lowest BCUT2D eigenvalue weighted by atomic mass is 9.89. The Balaban J connectivity index is 1.48. The lowest BCUT2D eigenvalue weighted by Gasteiger charge is -2.26. The molecule has 0 fully saturated rings. The highest BCUT2D eigenvalue weighted by Crippen LogP contribution is 2.39. The van der Waals surface area contributed by atoms with Crippen molar-refractivity contribution < 1.29 is 27.5 Å². The van der Waals surface area contributed by atoms with Crippen LogP contribution in [0.1, 0.15) is 87.1 Å². The molecule has 14 heteroatoms. The normalized spacial score (nSPS) is 15.7. The fourth-order valence-electron chi connectivity index (χ4n) is 5.98. The second-order valence-corrected chi connectivity index (χ2v) is 18.8. The molecule has 292 valence electrons. The summed E-state index contributed by atoms with van der Waals surface area (Å²) in [5.74, 6) is -1.63. The Morgan fingerprint density at radius 2 is 1.02 bits per heavy atom. The summed E-state index contributed by atoms with van der Waals surface area (Å²) < 4.78 is 39.8. The van der Waals surface area contributed by atoms with Crippen molar-refractivity contribution in [3.8, 4) is 0 Å². The molecule has 0 aliphatic heterocycles. The molecule has 10 nitrogen and oxygen atoms in total. The summed E-state index contributed by atoms with van der Waals surface area (Å²) in [4.78, 5) is 33.5. The molecule has 0 saturated carbocycles. The monoisotopic (exact) mass is 816 g/mol. The third kappa shape index (κ3) is 11.0. The lowest BCUT2D eigenvalue weighted by molar-refractivity contribution is -0.147. The van der Waals surface area contributed by atoms with Crippen LogP contribution in [-0.4, -0.2) is 56.9 Å². The Bertz CT molecular complexity index is 1840. The zero-order chi connectivity index (χ0) is 39.8. The highest BCUT2D eigenvalue weighted by Gasteiger charge is 2.33. The number of aromatic amines is 2. The standard InChI is InChI=1S/C40H50Cl2N4O6S2/c1-39(2,3)27-21-45-23-33(27)53(49)31(25-13-9-11-15-29(25)41)19-35(43-7)51-37(47)17-18-38(48)52-36(44-8)20-32(26-14-10-12-16-30(26)42)54(50)34-24-46-22-28(34)40(4,5)6/h9-18,21-24,31-32,35-36,43-46H,19-20H2,1-8H3/b18-17+. The Labute approximate surface area is 333 Å². The first kappa shape index (κ1) is 43.2. The number of hydrogen-bond acceptors (Lipinski definition) is 8. The first-order valence-electron chi connectivity index (χ1n) is 17.5. The predicted octanol–water partition coefficient (Wildman–Crippen LogP) is 8.16. The van der Waals surface area contributed by atoms with E-state index in [9.17, 15) is 18.0 Å². The average molecular weight is 818 g/mol. The molecule has 2 aromatic carbocycles. The summed E-state index contributed by atoms with van der Waals surface area (Å²) in [7, 11) is 0.0722. The van der Waals surface area contributed by atoms with Crippen LogP contribution in [0.15, 0.2) is 95.3 Å². The number of aromatic nitrogens is 2. The van der Waals surface area contributed by atoms with Crippen LogP contribution < -0.4 is 10.6 Å². The van der Waals surface area contributed by atoms with Crippen molar-refractivity contribution in [1.29, 1.82) is 0 Å². The molecule has 0 aliphatic carbocycles. The van der Waals surface area contributed by atoms with E-state index >= 15 is 0 Å². The van der Waals surface area contributed by atoms with Crippen LogP contribution in [0.3, 0.4) is 0 Å². The number of nitrogens with one attached hydrogen (secondary N) is 4. The van der Waals surface area contributed by atoms with Gasteiger partial charge in [-0.1, -0.05) is 101 Å². The molecule has 4 aromatic rings. The highest BCUT2D eigenvalue weighted by molar-refractivity contribution is 7.85. The van der Waals surface area contributed by atoms with Gasteiger partial charge in [0.1, 0.15) is 0 Å². The molecule has 0 amide bonds. The molecule has 0 spiro atoms. The van der Waals surface area contributed by atoms with Gasteiger partial charge in [-0.2, -0.15) is 0 Å². The lowest BCUT2D eigenvalue weighted by Crippen LogP contribution is -2.34. The second kappa shape index (κ2) is 18.9. The van der Waals surface area contributed by atoms with E-state index in [0.29, 0.717) is 31.0 Å². The first-order chi connectivity index (χ1) is 25.5. The number of ether oxygens (including phenoxy) is 2.